The van der Waals surface area contributed by atoms with Gasteiger partial charge in [-0.3, -0.25) is 4.79 Å². The van der Waals surface area contributed by atoms with Gasteiger partial charge in [0.1, 0.15) is 0 Å². The molecule has 4 N–H and O–H groups in total. The maximum absolute atomic E-state index is 11.9. The zero-order chi connectivity index (χ0) is 13.0. The fourth-order valence-corrected chi connectivity index (χ4v) is 1.47. The fraction of sp³-hybridized carbons (Fsp3) is 0.462. The molecule has 0 saturated heterocycles. The molecule has 94 valence electrons. The zero-order valence-corrected chi connectivity index (χ0v) is 10.5. The van der Waals surface area contributed by atoms with E-state index in [9.17, 15) is 9.90 Å². The second kappa shape index (κ2) is 5.80. The Morgan fingerprint density at radius 1 is 1.47 bits per heavy atom. The van der Waals surface area contributed by atoms with Crippen LogP contribution in [0.3, 0.4) is 0 Å². The molecule has 2 atom stereocenters. The highest BCUT2D eigenvalue weighted by atomic mass is 16.3. The number of nitrogens with two attached hydrogens (primary N) is 1. The van der Waals surface area contributed by atoms with Gasteiger partial charge in [-0.2, -0.15) is 0 Å². The van der Waals surface area contributed by atoms with Crippen molar-refractivity contribution in [2.75, 3.05) is 6.54 Å². The van der Waals surface area contributed by atoms with Crippen LogP contribution in [-0.4, -0.2) is 29.7 Å². The van der Waals surface area contributed by atoms with Crippen LogP contribution < -0.4 is 11.1 Å². The van der Waals surface area contributed by atoms with Gasteiger partial charge in [-0.15, -0.1) is 0 Å². The van der Waals surface area contributed by atoms with Crippen LogP contribution in [0.15, 0.2) is 18.2 Å². The first-order valence-electron chi connectivity index (χ1n) is 5.71. The maximum Gasteiger partial charge on any atom is 0.251 e. The molecular formula is C13H20N2O2. The molecule has 1 amide bonds. The summed E-state index contributed by atoms with van der Waals surface area (Å²) in [5, 5.41) is 12.0. The van der Waals surface area contributed by atoms with Crippen molar-refractivity contribution in [3.05, 3.63) is 34.9 Å². The van der Waals surface area contributed by atoms with Crippen LogP contribution in [0.4, 0.5) is 0 Å². The molecule has 1 rings (SSSR count). The number of carbonyl (C=O) groups excluding carboxylic acids is 1. The average Bonchev–Trinajstić information content (AvgIpc) is 2.29. The van der Waals surface area contributed by atoms with Crippen LogP contribution in [0.2, 0.25) is 0 Å². The molecule has 0 aliphatic rings. The van der Waals surface area contributed by atoms with Crippen molar-refractivity contribution < 1.29 is 9.90 Å². The molecule has 17 heavy (non-hydrogen) atoms. The Hall–Kier alpha value is -1.39. The third-order valence-electron chi connectivity index (χ3n) is 2.97. The number of hydrogen-bond donors (Lipinski definition) is 3. The summed E-state index contributed by atoms with van der Waals surface area (Å²) in [7, 11) is 0. The van der Waals surface area contributed by atoms with E-state index >= 15 is 0 Å². The standard InChI is InChI=1S/C13H20N2O2/c1-8-5-4-6-11(9(8)2)13(17)15-7-12(14)10(3)16/h4-6,10,12,16H,7,14H2,1-3H3,(H,15,17). The monoisotopic (exact) mass is 236 g/mol. The first kappa shape index (κ1) is 13.7. The van der Waals surface area contributed by atoms with E-state index in [0.29, 0.717) is 5.56 Å². The van der Waals surface area contributed by atoms with Crippen LogP contribution >= 0.6 is 0 Å². The molecule has 0 bridgehead atoms. The number of benzene rings is 1. The predicted octanol–water partition coefficient (Wildman–Crippen LogP) is 0.741. The van der Waals surface area contributed by atoms with Gasteiger partial charge >= 0.3 is 0 Å². The molecule has 4 nitrogen and oxygen atoms in total. The summed E-state index contributed by atoms with van der Waals surface area (Å²) in [6, 6.07) is 5.16. The van der Waals surface area contributed by atoms with Crippen molar-refractivity contribution in [1.29, 1.82) is 0 Å². The summed E-state index contributed by atoms with van der Waals surface area (Å²) in [5.74, 6) is -0.151. The number of nitrogens with one attached hydrogen (secondary N) is 1. The molecule has 0 aliphatic heterocycles. The van der Waals surface area contributed by atoms with Gasteiger partial charge in [0.25, 0.3) is 5.91 Å². The van der Waals surface area contributed by atoms with Crippen LogP contribution in [-0.2, 0) is 0 Å². The molecule has 0 radical (unpaired) electrons. The van der Waals surface area contributed by atoms with Gasteiger partial charge in [-0.25, -0.2) is 0 Å². The third kappa shape index (κ3) is 3.54. The molecule has 0 aliphatic carbocycles. The molecular weight excluding hydrogens is 216 g/mol. The van der Waals surface area contributed by atoms with Gasteiger partial charge in [0.05, 0.1) is 6.10 Å². The van der Waals surface area contributed by atoms with Crippen molar-refractivity contribution >= 4 is 5.91 Å². The van der Waals surface area contributed by atoms with Crippen LogP contribution in [0.25, 0.3) is 0 Å². The van der Waals surface area contributed by atoms with Crippen molar-refractivity contribution in [1.82, 2.24) is 5.32 Å². The molecule has 0 heterocycles. The molecule has 2 unspecified atom stereocenters. The molecule has 0 aromatic heterocycles. The summed E-state index contributed by atoms with van der Waals surface area (Å²) >= 11 is 0. The van der Waals surface area contributed by atoms with Crippen molar-refractivity contribution in [2.45, 2.75) is 32.9 Å². The Balaban J connectivity index is 2.68. The topological polar surface area (TPSA) is 75.4 Å². The van der Waals surface area contributed by atoms with Crippen LogP contribution in [0.1, 0.15) is 28.4 Å². The lowest BCUT2D eigenvalue weighted by molar-refractivity contribution is 0.0937. The van der Waals surface area contributed by atoms with E-state index in [2.05, 4.69) is 5.32 Å². The Morgan fingerprint density at radius 2 is 2.12 bits per heavy atom. The summed E-state index contributed by atoms with van der Waals surface area (Å²) < 4.78 is 0. The van der Waals surface area contributed by atoms with E-state index in [4.69, 9.17) is 5.73 Å². The van der Waals surface area contributed by atoms with Crippen molar-refractivity contribution in [2.24, 2.45) is 5.73 Å². The highest BCUT2D eigenvalue weighted by Gasteiger charge is 2.13. The first-order valence-corrected chi connectivity index (χ1v) is 5.71. The highest BCUT2D eigenvalue weighted by Crippen LogP contribution is 2.12. The number of amides is 1. The lowest BCUT2D eigenvalue weighted by Crippen LogP contribution is -2.43. The number of carbonyl (C=O) groups is 1. The van der Waals surface area contributed by atoms with Crippen molar-refractivity contribution in [3.63, 3.8) is 0 Å². The van der Waals surface area contributed by atoms with Gasteiger partial charge < -0.3 is 16.2 Å². The van der Waals surface area contributed by atoms with E-state index in [1.54, 1.807) is 13.0 Å². The van der Waals surface area contributed by atoms with Gasteiger partial charge in [-0.1, -0.05) is 12.1 Å². The summed E-state index contributed by atoms with van der Waals surface area (Å²) in [6.07, 6.45) is -0.631. The van der Waals surface area contributed by atoms with E-state index < -0.39 is 12.1 Å². The normalized spacial score (nSPS) is 14.2. The summed E-state index contributed by atoms with van der Waals surface area (Å²) in [4.78, 5) is 11.9. The maximum atomic E-state index is 11.9. The average molecular weight is 236 g/mol. The first-order chi connectivity index (χ1) is 7.93. The minimum absolute atomic E-state index is 0.151. The van der Waals surface area contributed by atoms with E-state index in [-0.39, 0.29) is 12.5 Å². The van der Waals surface area contributed by atoms with E-state index in [1.807, 2.05) is 26.0 Å². The number of aryl methyl sites for hydroxylation is 1. The highest BCUT2D eigenvalue weighted by molar-refractivity contribution is 5.95. The second-order valence-electron chi connectivity index (χ2n) is 4.36. The Morgan fingerprint density at radius 3 is 2.71 bits per heavy atom. The van der Waals surface area contributed by atoms with Gasteiger partial charge in [-0.05, 0) is 38.0 Å². The third-order valence-corrected chi connectivity index (χ3v) is 2.97. The summed E-state index contributed by atoms with van der Waals surface area (Å²) in [5.41, 5.74) is 8.35. The number of hydrogen-bond acceptors (Lipinski definition) is 3. The summed E-state index contributed by atoms with van der Waals surface area (Å²) in [6.45, 7) is 5.76. The number of aliphatic hydroxyl groups is 1. The predicted molar refractivity (Wildman–Crippen MR) is 67.9 cm³/mol. The largest absolute Gasteiger partial charge is 0.392 e. The van der Waals surface area contributed by atoms with E-state index in [1.165, 1.54) is 0 Å². The SMILES string of the molecule is Cc1cccc(C(=O)NCC(N)C(C)O)c1C. The minimum Gasteiger partial charge on any atom is -0.392 e. The Labute approximate surface area is 102 Å². The minimum atomic E-state index is -0.631. The van der Waals surface area contributed by atoms with Crippen molar-refractivity contribution in [3.8, 4) is 0 Å². The fourth-order valence-electron chi connectivity index (χ4n) is 1.47. The van der Waals surface area contributed by atoms with Gasteiger partial charge in [0.15, 0.2) is 0 Å². The molecule has 0 fully saturated rings. The Kier molecular flexibility index (Phi) is 4.66. The lowest BCUT2D eigenvalue weighted by Gasteiger charge is -2.16. The number of rotatable bonds is 4. The van der Waals surface area contributed by atoms with E-state index in [0.717, 1.165) is 11.1 Å². The second-order valence-corrected chi connectivity index (χ2v) is 4.36. The van der Waals surface area contributed by atoms with Crippen LogP contribution in [0, 0.1) is 13.8 Å². The van der Waals surface area contributed by atoms with Crippen LogP contribution in [0.5, 0.6) is 0 Å². The van der Waals surface area contributed by atoms with Gasteiger partial charge in [0, 0.05) is 18.2 Å². The molecule has 0 saturated carbocycles. The van der Waals surface area contributed by atoms with Gasteiger partial charge in [0.2, 0.25) is 0 Å². The smallest absolute Gasteiger partial charge is 0.251 e. The zero-order valence-electron chi connectivity index (χ0n) is 10.5. The quantitative estimate of drug-likeness (QED) is 0.722. The molecule has 1 aromatic carbocycles. The molecule has 0 spiro atoms. The Bertz CT molecular complexity index is 402. The molecule has 4 heteroatoms. The molecule has 1 aromatic rings. The lowest BCUT2D eigenvalue weighted by atomic mass is 10.0. The number of aliphatic hydroxyl groups excluding tert-OH is 1.